The Morgan fingerprint density at radius 2 is 1.09 bits per heavy atom. The Kier molecular flexibility index (Phi) is 19.5. The van der Waals surface area contributed by atoms with Crippen molar-refractivity contribution in [3.63, 3.8) is 0 Å². The molecule has 47 heavy (non-hydrogen) atoms. The highest BCUT2D eigenvalue weighted by Gasteiger charge is 2.41. The summed E-state index contributed by atoms with van der Waals surface area (Å²) in [5.74, 6) is -1.67. The van der Waals surface area contributed by atoms with E-state index in [-0.39, 0.29) is 46.6 Å². The zero-order chi connectivity index (χ0) is 34.9. The Hall–Kier alpha value is -4.33. The zero-order valence-electron chi connectivity index (χ0n) is 25.0. The molecule has 2 aliphatic heterocycles. The molecule has 0 aliphatic carbocycles. The predicted molar refractivity (Wildman–Crippen MR) is 164 cm³/mol. The maximum atomic E-state index is 12.0. The third-order valence-electron chi connectivity index (χ3n) is 6.20. The Morgan fingerprint density at radius 1 is 0.745 bits per heavy atom. The molecular weight excluding hydrogens is 648 g/mol. The van der Waals surface area contributed by atoms with Crippen molar-refractivity contribution in [1.82, 2.24) is 9.80 Å². The number of carboxylic acids is 1. The van der Waals surface area contributed by atoms with Gasteiger partial charge in [-0.1, -0.05) is 68.1 Å². The number of benzene rings is 2. The molecule has 4 rings (SSSR count). The van der Waals surface area contributed by atoms with Crippen molar-refractivity contribution >= 4 is 34.5 Å². The van der Waals surface area contributed by atoms with E-state index < -0.39 is 58.8 Å². The predicted octanol–water partition coefficient (Wildman–Crippen LogP) is 1.37. The second kappa shape index (κ2) is 21.5. The number of nitrogens with zero attached hydrogens (tertiary/aromatic N) is 2. The van der Waals surface area contributed by atoms with Crippen molar-refractivity contribution in [2.45, 2.75) is 57.8 Å². The molecule has 0 bridgehead atoms. The summed E-state index contributed by atoms with van der Waals surface area (Å²) in [6.07, 6.45) is -2.68. The molecule has 2 amide bonds. The Labute approximate surface area is 272 Å². The highest BCUT2D eigenvalue weighted by atomic mass is 32.3. The fourth-order valence-corrected chi connectivity index (χ4v) is 4.23. The number of carboxylic acid groups (broad SMARTS) is 1. The van der Waals surface area contributed by atoms with Gasteiger partial charge in [0.1, 0.15) is 25.3 Å². The lowest BCUT2D eigenvalue weighted by Gasteiger charge is -2.21. The Bertz CT molecular complexity index is 1340. The first-order valence-corrected chi connectivity index (χ1v) is 14.8. The summed E-state index contributed by atoms with van der Waals surface area (Å²) in [7, 11) is -2.42. The number of carbonyl (C=O) groups excluding carboxylic acids is 3. The molecular formula is C29H42N2O15S. The van der Waals surface area contributed by atoms with Crippen molar-refractivity contribution in [1.29, 1.82) is 0 Å². The van der Waals surface area contributed by atoms with E-state index in [0.29, 0.717) is 0 Å². The van der Waals surface area contributed by atoms with Gasteiger partial charge in [0.2, 0.25) is 0 Å². The molecule has 2 aromatic rings. The van der Waals surface area contributed by atoms with Crippen LogP contribution in [0.5, 0.6) is 0 Å². The van der Waals surface area contributed by atoms with E-state index in [0.717, 1.165) is 23.1 Å². The molecule has 4 atom stereocenters. The van der Waals surface area contributed by atoms with Crippen LogP contribution in [0.15, 0.2) is 60.7 Å². The molecule has 0 saturated carbocycles. The second-order valence-electron chi connectivity index (χ2n) is 9.50. The minimum atomic E-state index is -4.67. The fourth-order valence-electron chi connectivity index (χ4n) is 4.23. The third-order valence-corrected chi connectivity index (χ3v) is 6.20. The maximum absolute atomic E-state index is 12.0. The fraction of sp³-hybridized carbons (Fsp3) is 0.448. The van der Waals surface area contributed by atoms with Crippen LogP contribution >= 0.6 is 0 Å². The smallest absolute Gasteiger partial charge is 0.410 e. The number of hydrogen-bond acceptors (Lipinski definition) is 12. The van der Waals surface area contributed by atoms with Crippen LogP contribution in [0.25, 0.3) is 0 Å². The highest BCUT2D eigenvalue weighted by molar-refractivity contribution is 7.79. The van der Waals surface area contributed by atoms with E-state index >= 15 is 0 Å². The number of rotatable bonds is 6. The highest BCUT2D eigenvalue weighted by Crippen LogP contribution is 2.21. The molecule has 2 saturated heterocycles. The van der Waals surface area contributed by atoms with Gasteiger partial charge in [0.05, 0.1) is 32.4 Å². The monoisotopic (exact) mass is 690 g/mol. The third kappa shape index (κ3) is 16.2. The maximum Gasteiger partial charge on any atom is 0.410 e. The first-order valence-electron chi connectivity index (χ1n) is 13.5. The van der Waals surface area contributed by atoms with Gasteiger partial charge in [0.25, 0.3) is 0 Å². The lowest BCUT2D eigenvalue weighted by atomic mass is 10.2. The van der Waals surface area contributed by atoms with Crippen LogP contribution in [-0.4, -0.2) is 123 Å². The summed E-state index contributed by atoms with van der Waals surface area (Å²) in [4.78, 5) is 48.6. The van der Waals surface area contributed by atoms with E-state index in [9.17, 15) is 29.4 Å². The van der Waals surface area contributed by atoms with Crippen molar-refractivity contribution < 1.29 is 71.3 Å². The number of aliphatic carboxylic acids is 1. The normalized spacial score (nSPS) is 19.6. The topological polar surface area (TPSA) is 258 Å². The van der Waals surface area contributed by atoms with Gasteiger partial charge in [-0.05, 0) is 11.1 Å². The summed E-state index contributed by atoms with van der Waals surface area (Å²) in [6.45, 7) is 0.275. The number of amides is 2. The first-order chi connectivity index (χ1) is 21.7. The SMILES string of the molecule is C.CO.COC(=O)[C@@H]1C[C@@H](O)CN1C(=O)OCc1ccccc1.O=C(O)[C@@H]1C[C@@H](O)CN1C(=O)OCc1ccccc1.O=S(=O)(O)O. The molecule has 264 valence electrons. The molecule has 2 aromatic carbocycles. The van der Waals surface area contributed by atoms with Crippen LogP contribution in [0.3, 0.4) is 0 Å². The van der Waals surface area contributed by atoms with Gasteiger partial charge >= 0.3 is 34.5 Å². The van der Waals surface area contributed by atoms with Gasteiger partial charge in [0.15, 0.2) is 0 Å². The largest absolute Gasteiger partial charge is 0.480 e. The van der Waals surface area contributed by atoms with Crippen LogP contribution in [0.4, 0.5) is 9.59 Å². The lowest BCUT2D eigenvalue weighted by molar-refractivity contribution is -0.145. The molecule has 0 radical (unpaired) electrons. The molecule has 6 N–H and O–H groups in total. The lowest BCUT2D eigenvalue weighted by Crippen LogP contribution is -2.41. The standard InChI is InChI=1S/C14H17NO5.C13H15NO5.CH4O.CH4.H2O4S/c1-19-13(17)12-7-11(16)8-15(12)14(18)20-9-10-5-3-2-4-6-10;15-10-6-11(12(16)17)14(7-10)13(18)19-8-9-4-2-1-3-5-9;1-2;;1-5(2,3)4/h2-6,11-12,16H,7-9H2,1H3;1-5,10-11,15H,6-8H2,(H,16,17);2H,1H3;1H4;(H2,1,2,3,4)/t11-,12+;10-,11+;;;/m11.../s1. The molecule has 0 aromatic heterocycles. The molecule has 2 fully saturated rings. The van der Waals surface area contributed by atoms with Crippen molar-refractivity contribution in [3.8, 4) is 0 Å². The van der Waals surface area contributed by atoms with Gasteiger partial charge in [-0.2, -0.15) is 8.42 Å². The Morgan fingerprint density at radius 3 is 1.43 bits per heavy atom. The minimum absolute atomic E-state index is 0. The molecule has 2 heterocycles. The number of aliphatic hydroxyl groups excluding tert-OH is 3. The number of β-amino-alcohol motifs (C(OH)–C–C–N with tert-alkyl or cyclic N) is 2. The Balaban J connectivity index is 0.000000740. The van der Waals surface area contributed by atoms with Crippen LogP contribution in [0.1, 0.15) is 31.4 Å². The van der Waals surface area contributed by atoms with E-state index in [1.165, 1.54) is 12.0 Å². The molecule has 0 spiro atoms. The number of esters is 1. The number of ether oxygens (including phenoxy) is 3. The summed E-state index contributed by atoms with van der Waals surface area (Å²) in [6, 6.07) is 16.6. The molecule has 2 aliphatic rings. The molecule has 17 nitrogen and oxygen atoms in total. The van der Waals surface area contributed by atoms with E-state index in [1.807, 2.05) is 48.5 Å². The summed E-state index contributed by atoms with van der Waals surface area (Å²) in [5.41, 5.74) is 1.68. The van der Waals surface area contributed by atoms with Crippen LogP contribution in [0, 0.1) is 0 Å². The van der Waals surface area contributed by atoms with Gasteiger partial charge in [-0.15, -0.1) is 0 Å². The minimum Gasteiger partial charge on any atom is -0.480 e. The molecule has 0 unspecified atom stereocenters. The van der Waals surface area contributed by atoms with Crippen molar-refractivity contribution in [3.05, 3.63) is 71.8 Å². The van der Waals surface area contributed by atoms with Gasteiger partial charge < -0.3 is 34.6 Å². The van der Waals surface area contributed by atoms with Crippen LogP contribution in [-0.2, 0) is 47.4 Å². The quantitative estimate of drug-likeness (QED) is 0.142. The molecule has 18 heteroatoms. The van der Waals surface area contributed by atoms with Crippen LogP contribution in [0.2, 0.25) is 0 Å². The van der Waals surface area contributed by atoms with Gasteiger partial charge in [0, 0.05) is 20.0 Å². The number of hydrogen-bond donors (Lipinski definition) is 6. The van der Waals surface area contributed by atoms with Gasteiger partial charge in [-0.3, -0.25) is 18.9 Å². The number of methoxy groups -OCH3 is 1. The van der Waals surface area contributed by atoms with E-state index in [4.69, 9.17) is 37.2 Å². The summed E-state index contributed by atoms with van der Waals surface area (Å²) >= 11 is 0. The summed E-state index contributed by atoms with van der Waals surface area (Å²) in [5, 5.41) is 35.0. The number of aliphatic hydroxyl groups is 3. The average Bonchev–Trinajstić information content (AvgIpc) is 3.62. The van der Waals surface area contributed by atoms with E-state index in [1.54, 1.807) is 12.1 Å². The average molecular weight is 691 g/mol. The van der Waals surface area contributed by atoms with Crippen molar-refractivity contribution in [2.75, 3.05) is 27.3 Å². The van der Waals surface area contributed by atoms with Gasteiger partial charge in [-0.25, -0.2) is 19.2 Å². The zero-order valence-corrected chi connectivity index (χ0v) is 25.8. The first kappa shape index (κ1) is 42.7. The second-order valence-corrected chi connectivity index (χ2v) is 10.4. The number of carbonyl (C=O) groups is 4. The summed E-state index contributed by atoms with van der Waals surface area (Å²) < 4.78 is 46.4. The van der Waals surface area contributed by atoms with E-state index in [2.05, 4.69) is 4.74 Å². The van der Waals surface area contributed by atoms with Crippen LogP contribution < -0.4 is 0 Å². The van der Waals surface area contributed by atoms with Crippen molar-refractivity contribution in [2.24, 2.45) is 0 Å². The number of likely N-dealkylation sites (tertiary alicyclic amines) is 2.